The maximum Gasteiger partial charge on any atom is 0.200 e. The summed E-state index contributed by atoms with van der Waals surface area (Å²) in [4.78, 5) is 0. The molecule has 0 fully saturated rings. The molecule has 1 N–H and O–H groups in total. The summed E-state index contributed by atoms with van der Waals surface area (Å²) >= 11 is 0. The van der Waals surface area contributed by atoms with Crippen molar-refractivity contribution in [3.05, 3.63) is 41.5 Å². The van der Waals surface area contributed by atoms with Gasteiger partial charge >= 0.3 is 0 Å². The highest BCUT2D eigenvalue weighted by Gasteiger charge is 2.10. The van der Waals surface area contributed by atoms with Crippen LogP contribution in [0.3, 0.4) is 0 Å². The first-order valence-corrected chi connectivity index (χ1v) is 6.98. The number of methoxy groups -OCH3 is 4. The number of benzene rings is 2. The van der Waals surface area contributed by atoms with Crippen LogP contribution in [-0.4, -0.2) is 33.5 Å². The van der Waals surface area contributed by atoms with E-state index in [1.807, 2.05) is 30.4 Å². The predicted octanol–water partition coefficient (Wildman–Crippen LogP) is 3.60. The molecule has 0 atom stereocenters. The lowest BCUT2D eigenvalue weighted by Gasteiger charge is -2.10. The Morgan fingerprint density at radius 1 is 0.652 bits per heavy atom. The Morgan fingerprint density at radius 2 is 1.13 bits per heavy atom. The quantitative estimate of drug-likeness (QED) is 0.825. The van der Waals surface area contributed by atoms with Crippen LogP contribution in [0.1, 0.15) is 11.1 Å². The highest BCUT2D eigenvalue weighted by Crippen LogP contribution is 2.37. The first-order chi connectivity index (χ1) is 11.1. The van der Waals surface area contributed by atoms with Gasteiger partial charge in [-0.3, -0.25) is 0 Å². The number of phenols is 1. The largest absolute Gasteiger partial charge is 0.502 e. The van der Waals surface area contributed by atoms with Crippen LogP contribution in [0.5, 0.6) is 28.7 Å². The van der Waals surface area contributed by atoms with Gasteiger partial charge in [0.2, 0.25) is 5.75 Å². The van der Waals surface area contributed by atoms with E-state index >= 15 is 0 Å². The normalized spacial score (nSPS) is 10.6. The van der Waals surface area contributed by atoms with Crippen molar-refractivity contribution in [2.75, 3.05) is 28.4 Å². The second kappa shape index (κ2) is 7.45. The van der Waals surface area contributed by atoms with Crippen LogP contribution in [0.25, 0.3) is 12.2 Å². The fraction of sp³-hybridized carbons (Fsp3) is 0.222. The van der Waals surface area contributed by atoms with Gasteiger partial charge < -0.3 is 24.1 Å². The average Bonchev–Trinajstić information content (AvgIpc) is 2.60. The second-order valence-corrected chi connectivity index (χ2v) is 4.72. The van der Waals surface area contributed by atoms with Gasteiger partial charge in [-0.25, -0.2) is 0 Å². The number of ether oxygens (including phenoxy) is 4. The molecule has 0 unspecified atom stereocenters. The molecule has 0 amide bonds. The second-order valence-electron chi connectivity index (χ2n) is 4.72. The number of hydrogen-bond donors (Lipinski definition) is 1. The van der Waals surface area contributed by atoms with Gasteiger partial charge in [-0.15, -0.1) is 0 Å². The van der Waals surface area contributed by atoms with Crippen LogP contribution in [0, 0.1) is 0 Å². The summed E-state index contributed by atoms with van der Waals surface area (Å²) in [6.07, 6.45) is 3.82. The van der Waals surface area contributed by atoms with Gasteiger partial charge in [0.25, 0.3) is 0 Å². The van der Waals surface area contributed by atoms with Gasteiger partial charge in [0, 0.05) is 0 Å². The number of aromatic hydroxyl groups is 1. The smallest absolute Gasteiger partial charge is 0.200 e. The van der Waals surface area contributed by atoms with Crippen LogP contribution in [0.2, 0.25) is 0 Å². The van der Waals surface area contributed by atoms with E-state index in [0.717, 1.165) is 11.1 Å². The highest BCUT2D eigenvalue weighted by molar-refractivity contribution is 5.73. The van der Waals surface area contributed by atoms with Gasteiger partial charge in [0.1, 0.15) is 0 Å². The molecule has 0 aliphatic heterocycles. The summed E-state index contributed by atoms with van der Waals surface area (Å²) in [5.74, 6) is 2.04. The molecule has 0 saturated carbocycles. The van der Waals surface area contributed by atoms with Crippen molar-refractivity contribution in [2.45, 2.75) is 0 Å². The Morgan fingerprint density at radius 3 is 1.65 bits per heavy atom. The summed E-state index contributed by atoms with van der Waals surface area (Å²) in [5.41, 5.74) is 1.79. The van der Waals surface area contributed by atoms with Crippen molar-refractivity contribution in [3.8, 4) is 28.7 Å². The maximum atomic E-state index is 9.92. The third-order valence-corrected chi connectivity index (χ3v) is 3.38. The van der Waals surface area contributed by atoms with E-state index in [1.54, 1.807) is 26.4 Å². The summed E-state index contributed by atoms with van der Waals surface area (Å²) in [7, 11) is 6.19. The molecule has 0 aliphatic rings. The minimum absolute atomic E-state index is 0.0155. The molecule has 5 nitrogen and oxygen atoms in total. The molecule has 0 saturated heterocycles. The van der Waals surface area contributed by atoms with Crippen molar-refractivity contribution in [3.63, 3.8) is 0 Å². The standard InChI is InChI=1S/C18H20O5/c1-20-14-8-7-12(9-15(14)21-2)5-6-13-10-16(22-3)18(19)17(11-13)23-4/h5-11,19H,1-4H3. The number of rotatable bonds is 6. The average molecular weight is 316 g/mol. The molecule has 2 aromatic carbocycles. The minimum Gasteiger partial charge on any atom is -0.502 e. The maximum absolute atomic E-state index is 9.92. The monoisotopic (exact) mass is 316 g/mol. The summed E-state index contributed by atoms with van der Waals surface area (Å²) < 4.78 is 20.8. The Balaban J connectivity index is 2.33. The van der Waals surface area contributed by atoms with Crippen molar-refractivity contribution >= 4 is 12.2 Å². The topological polar surface area (TPSA) is 57.2 Å². The van der Waals surface area contributed by atoms with Gasteiger partial charge in [-0.05, 0) is 35.4 Å². The van der Waals surface area contributed by atoms with Crippen molar-refractivity contribution in [1.82, 2.24) is 0 Å². The summed E-state index contributed by atoms with van der Waals surface area (Å²) in [6.45, 7) is 0. The fourth-order valence-corrected chi connectivity index (χ4v) is 2.16. The van der Waals surface area contributed by atoms with Crippen LogP contribution < -0.4 is 18.9 Å². The van der Waals surface area contributed by atoms with Crippen molar-refractivity contribution < 1.29 is 24.1 Å². The molecule has 0 heterocycles. The fourth-order valence-electron chi connectivity index (χ4n) is 2.16. The third kappa shape index (κ3) is 3.69. The SMILES string of the molecule is COc1ccc(C=Cc2cc(OC)c(O)c(OC)c2)cc1OC. The molecule has 0 aliphatic carbocycles. The molecule has 0 aromatic heterocycles. The van der Waals surface area contributed by atoms with E-state index in [9.17, 15) is 5.11 Å². The first-order valence-electron chi connectivity index (χ1n) is 6.98. The van der Waals surface area contributed by atoms with Gasteiger partial charge in [0.05, 0.1) is 28.4 Å². The lowest BCUT2D eigenvalue weighted by molar-refractivity contribution is 0.340. The molecule has 5 heteroatoms. The summed E-state index contributed by atoms with van der Waals surface area (Å²) in [5, 5.41) is 9.92. The zero-order valence-corrected chi connectivity index (χ0v) is 13.6. The summed E-state index contributed by atoms with van der Waals surface area (Å²) in [6, 6.07) is 9.11. The predicted molar refractivity (Wildman–Crippen MR) is 89.7 cm³/mol. The molecule has 2 rings (SSSR count). The first kappa shape index (κ1) is 16.5. The van der Waals surface area contributed by atoms with E-state index in [2.05, 4.69) is 0 Å². The highest BCUT2D eigenvalue weighted by atomic mass is 16.5. The van der Waals surface area contributed by atoms with Crippen molar-refractivity contribution in [1.29, 1.82) is 0 Å². The Bertz CT molecular complexity index is 682. The van der Waals surface area contributed by atoms with Gasteiger partial charge in [0.15, 0.2) is 23.0 Å². The zero-order valence-electron chi connectivity index (χ0n) is 13.6. The van der Waals surface area contributed by atoms with E-state index < -0.39 is 0 Å². The van der Waals surface area contributed by atoms with E-state index in [1.165, 1.54) is 14.2 Å². The van der Waals surface area contributed by atoms with Gasteiger partial charge in [-0.2, -0.15) is 0 Å². The molecular weight excluding hydrogens is 296 g/mol. The van der Waals surface area contributed by atoms with E-state index in [-0.39, 0.29) is 5.75 Å². The Kier molecular flexibility index (Phi) is 5.36. The zero-order chi connectivity index (χ0) is 16.8. The van der Waals surface area contributed by atoms with E-state index in [4.69, 9.17) is 18.9 Å². The lowest BCUT2D eigenvalue weighted by atomic mass is 10.1. The minimum atomic E-state index is -0.0155. The number of hydrogen-bond acceptors (Lipinski definition) is 5. The molecular formula is C18H20O5. The third-order valence-electron chi connectivity index (χ3n) is 3.38. The molecule has 0 spiro atoms. The lowest BCUT2D eigenvalue weighted by Crippen LogP contribution is -1.91. The molecule has 0 bridgehead atoms. The van der Waals surface area contributed by atoms with Gasteiger partial charge in [-0.1, -0.05) is 18.2 Å². The molecule has 2 aromatic rings. The molecule has 23 heavy (non-hydrogen) atoms. The van der Waals surface area contributed by atoms with Crippen LogP contribution in [0.4, 0.5) is 0 Å². The van der Waals surface area contributed by atoms with Crippen LogP contribution in [-0.2, 0) is 0 Å². The molecule has 0 radical (unpaired) electrons. The van der Waals surface area contributed by atoms with Crippen LogP contribution >= 0.6 is 0 Å². The molecule has 122 valence electrons. The Labute approximate surface area is 135 Å². The Hall–Kier alpha value is -2.82. The van der Waals surface area contributed by atoms with Crippen LogP contribution in [0.15, 0.2) is 30.3 Å². The van der Waals surface area contributed by atoms with E-state index in [0.29, 0.717) is 23.0 Å². The van der Waals surface area contributed by atoms with Crippen molar-refractivity contribution in [2.24, 2.45) is 0 Å². The number of phenolic OH excluding ortho intramolecular Hbond substituents is 1.